The van der Waals surface area contributed by atoms with Crippen molar-refractivity contribution in [3.8, 4) is 23.0 Å². The smallest absolute Gasteiger partial charge is 0.490 e. The molecule has 1 aromatic heterocycles. The fraction of sp³-hybridized carbons (Fsp3) is 0.143. The van der Waals surface area contributed by atoms with Crippen LogP contribution in [0.4, 0.5) is 4.79 Å². The summed E-state index contributed by atoms with van der Waals surface area (Å²) in [6, 6.07) is 11.4. The summed E-state index contributed by atoms with van der Waals surface area (Å²) in [6.45, 7) is 5.79. The molecule has 0 saturated carbocycles. The highest BCUT2D eigenvalue weighted by Gasteiger charge is 2.14. The molecule has 144 valence electrons. The van der Waals surface area contributed by atoms with Gasteiger partial charge >= 0.3 is 6.16 Å². The average molecular weight is 382 g/mol. The first-order valence-electron chi connectivity index (χ1n) is 8.53. The SMILES string of the molecule is C=CCOC(=O)Oc1ccc2c(=O)c(Oc3ccccc3OCC)coc2c1. The Balaban J connectivity index is 1.86. The zero-order valence-corrected chi connectivity index (χ0v) is 15.2. The first kappa shape index (κ1) is 19.0. The Kier molecular flexibility index (Phi) is 5.96. The van der Waals surface area contributed by atoms with Gasteiger partial charge in [-0.05, 0) is 31.2 Å². The van der Waals surface area contributed by atoms with Gasteiger partial charge in [0.25, 0.3) is 0 Å². The molecule has 0 saturated heterocycles. The molecule has 0 atom stereocenters. The molecule has 3 rings (SSSR count). The van der Waals surface area contributed by atoms with E-state index in [-0.39, 0.29) is 34.5 Å². The Bertz CT molecular complexity index is 1050. The third-order valence-electron chi connectivity index (χ3n) is 3.60. The second-order valence-electron chi connectivity index (χ2n) is 5.52. The summed E-state index contributed by atoms with van der Waals surface area (Å²) < 4.78 is 26.4. The van der Waals surface area contributed by atoms with Crippen LogP contribution in [-0.2, 0) is 4.74 Å². The van der Waals surface area contributed by atoms with Crippen LogP contribution in [0.1, 0.15) is 6.92 Å². The second kappa shape index (κ2) is 8.77. The van der Waals surface area contributed by atoms with Crippen molar-refractivity contribution < 1.29 is 28.2 Å². The molecule has 0 unspecified atom stereocenters. The molecule has 7 nitrogen and oxygen atoms in total. The van der Waals surface area contributed by atoms with Gasteiger partial charge in [0.2, 0.25) is 11.2 Å². The summed E-state index contributed by atoms with van der Waals surface area (Å²) >= 11 is 0. The summed E-state index contributed by atoms with van der Waals surface area (Å²) in [5.41, 5.74) is -0.127. The molecule has 2 aromatic carbocycles. The largest absolute Gasteiger partial charge is 0.514 e. The Hall–Kier alpha value is -3.74. The molecule has 28 heavy (non-hydrogen) atoms. The highest BCUT2D eigenvalue weighted by atomic mass is 16.7. The summed E-state index contributed by atoms with van der Waals surface area (Å²) in [7, 11) is 0. The molecule has 0 bridgehead atoms. The van der Waals surface area contributed by atoms with Crippen molar-refractivity contribution >= 4 is 17.1 Å². The standard InChI is InChI=1S/C21H18O7/c1-3-11-25-21(23)27-14-9-10-15-18(12-14)26-13-19(20(15)22)28-17-8-6-5-7-16(17)24-4-2/h3,5-10,12-13H,1,4,11H2,2H3. The number of fused-ring (bicyclic) bond motifs is 1. The number of para-hydroxylation sites is 2. The van der Waals surface area contributed by atoms with Gasteiger partial charge in [0.15, 0.2) is 11.5 Å². The minimum atomic E-state index is -0.880. The van der Waals surface area contributed by atoms with E-state index in [4.69, 9.17) is 23.4 Å². The van der Waals surface area contributed by atoms with Gasteiger partial charge in [0.1, 0.15) is 24.2 Å². The van der Waals surface area contributed by atoms with Crippen LogP contribution in [0.25, 0.3) is 11.0 Å². The van der Waals surface area contributed by atoms with Gasteiger partial charge in [-0.1, -0.05) is 24.8 Å². The minimum Gasteiger partial charge on any atom is -0.490 e. The molecule has 7 heteroatoms. The Morgan fingerprint density at radius 3 is 2.68 bits per heavy atom. The third-order valence-corrected chi connectivity index (χ3v) is 3.60. The highest BCUT2D eigenvalue weighted by molar-refractivity contribution is 5.80. The predicted molar refractivity (Wildman–Crippen MR) is 102 cm³/mol. The fourth-order valence-corrected chi connectivity index (χ4v) is 2.41. The molecule has 0 radical (unpaired) electrons. The maximum absolute atomic E-state index is 12.7. The monoisotopic (exact) mass is 382 g/mol. The van der Waals surface area contributed by atoms with E-state index in [1.165, 1.54) is 30.5 Å². The normalized spacial score (nSPS) is 10.3. The summed E-state index contributed by atoms with van der Waals surface area (Å²) in [5.74, 6) is 1.12. The van der Waals surface area contributed by atoms with Crippen molar-refractivity contribution in [2.24, 2.45) is 0 Å². The number of hydrogen-bond acceptors (Lipinski definition) is 7. The maximum atomic E-state index is 12.7. The van der Waals surface area contributed by atoms with E-state index in [2.05, 4.69) is 6.58 Å². The van der Waals surface area contributed by atoms with Gasteiger partial charge in [-0.2, -0.15) is 0 Å². The summed E-state index contributed by atoms with van der Waals surface area (Å²) in [4.78, 5) is 24.2. The molecule has 0 spiro atoms. The minimum absolute atomic E-state index is 0.0127. The van der Waals surface area contributed by atoms with Gasteiger partial charge in [0.05, 0.1) is 12.0 Å². The summed E-state index contributed by atoms with van der Waals surface area (Å²) in [5, 5.41) is 0.276. The van der Waals surface area contributed by atoms with Gasteiger partial charge in [-0.15, -0.1) is 0 Å². The lowest BCUT2D eigenvalue weighted by Crippen LogP contribution is -2.10. The molecule has 1 heterocycles. The van der Waals surface area contributed by atoms with Crippen molar-refractivity contribution in [1.82, 2.24) is 0 Å². The van der Waals surface area contributed by atoms with Crippen molar-refractivity contribution in [3.63, 3.8) is 0 Å². The number of carbonyl (C=O) groups is 1. The topological polar surface area (TPSA) is 84.2 Å². The fourth-order valence-electron chi connectivity index (χ4n) is 2.41. The van der Waals surface area contributed by atoms with Gasteiger partial charge < -0.3 is 23.4 Å². The third kappa shape index (κ3) is 4.32. The van der Waals surface area contributed by atoms with Crippen LogP contribution >= 0.6 is 0 Å². The molecule has 0 N–H and O–H groups in total. The molecular formula is C21H18O7. The van der Waals surface area contributed by atoms with E-state index < -0.39 is 6.16 Å². The average Bonchev–Trinajstić information content (AvgIpc) is 2.70. The number of rotatable bonds is 7. The lowest BCUT2D eigenvalue weighted by atomic mass is 10.2. The second-order valence-corrected chi connectivity index (χ2v) is 5.52. The Morgan fingerprint density at radius 1 is 1.14 bits per heavy atom. The lowest BCUT2D eigenvalue weighted by molar-refractivity contribution is 0.109. The molecule has 0 aliphatic rings. The van der Waals surface area contributed by atoms with Crippen LogP contribution in [-0.4, -0.2) is 19.4 Å². The van der Waals surface area contributed by atoms with E-state index in [1.807, 2.05) is 13.0 Å². The number of ether oxygens (including phenoxy) is 4. The van der Waals surface area contributed by atoms with E-state index in [1.54, 1.807) is 18.2 Å². The highest BCUT2D eigenvalue weighted by Crippen LogP contribution is 2.31. The molecule has 0 fully saturated rings. The van der Waals surface area contributed by atoms with Crippen LogP contribution in [0, 0.1) is 0 Å². The van der Waals surface area contributed by atoms with Crippen LogP contribution < -0.4 is 19.6 Å². The van der Waals surface area contributed by atoms with E-state index >= 15 is 0 Å². The Labute approximate surface area is 160 Å². The van der Waals surface area contributed by atoms with Crippen LogP contribution in [0.15, 0.2) is 70.6 Å². The Morgan fingerprint density at radius 2 is 1.93 bits per heavy atom. The quantitative estimate of drug-likeness (QED) is 0.333. The first-order chi connectivity index (χ1) is 13.6. The first-order valence-corrected chi connectivity index (χ1v) is 8.53. The van der Waals surface area contributed by atoms with Crippen LogP contribution in [0.2, 0.25) is 0 Å². The zero-order valence-electron chi connectivity index (χ0n) is 15.2. The van der Waals surface area contributed by atoms with Crippen molar-refractivity contribution in [2.75, 3.05) is 13.2 Å². The van der Waals surface area contributed by atoms with Gasteiger partial charge in [-0.25, -0.2) is 4.79 Å². The van der Waals surface area contributed by atoms with Crippen molar-refractivity contribution in [2.45, 2.75) is 6.92 Å². The van der Waals surface area contributed by atoms with Crippen molar-refractivity contribution in [3.05, 3.63) is 71.6 Å². The molecule has 3 aromatic rings. The molecule has 0 aliphatic heterocycles. The molecular weight excluding hydrogens is 364 g/mol. The molecule has 0 amide bonds. The summed E-state index contributed by atoms with van der Waals surface area (Å²) in [6.07, 6.45) is 1.74. The van der Waals surface area contributed by atoms with E-state index in [0.717, 1.165) is 0 Å². The maximum Gasteiger partial charge on any atom is 0.514 e. The number of hydrogen-bond donors (Lipinski definition) is 0. The van der Waals surface area contributed by atoms with Gasteiger partial charge in [-0.3, -0.25) is 4.79 Å². The van der Waals surface area contributed by atoms with E-state index in [9.17, 15) is 9.59 Å². The van der Waals surface area contributed by atoms with Crippen LogP contribution in [0.5, 0.6) is 23.0 Å². The predicted octanol–water partition coefficient (Wildman–Crippen LogP) is 4.69. The zero-order chi connectivity index (χ0) is 19.9. The van der Waals surface area contributed by atoms with Gasteiger partial charge in [0, 0.05) is 6.07 Å². The van der Waals surface area contributed by atoms with Crippen LogP contribution in [0.3, 0.4) is 0 Å². The lowest BCUT2D eigenvalue weighted by Gasteiger charge is -2.11. The number of benzene rings is 2. The van der Waals surface area contributed by atoms with E-state index in [0.29, 0.717) is 18.1 Å². The van der Waals surface area contributed by atoms with Crippen molar-refractivity contribution in [1.29, 1.82) is 0 Å². The number of carbonyl (C=O) groups excluding carboxylic acids is 1. The molecule has 0 aliphatic carbocycles.